The van der Waals surface area contributed by atoms with E-state index in [1.165, 1.54) is 19.3 Å². The predicted octanol–water partition coefficient (Wildman–Crippen LogP) is 1.34. The van der Waals surface area contributed by atoms with Gasteiger partial charge in [-0.1, -0.05) is 0 Å². The summed E-state index contributed by atoms with van der Waals surface area (Å²) in [5.74, 6) is 1.33. The number of Topliss-reactive ketones (excluding diaryl/α,β-unsaturated/α-hetero) is 1. The number of ketones is 1. The van der Waals surface area contributed by atoms with Gasteiger partial charge in [0.2, 0.25) is 0 Å². The zero-order chi connectivity index (χ0) is 16.9. The molecule has 0 saturated heterocycles. The molecular formula is C19H25N2O3+. The predicted molar refractivity (Wildman–Crippen MR) is 86.7 cm³/mol. The van der Waals surface area contributed by atoms with E-state index >= 15 is 0 Å². The van der Waals surface area contributed by atoms with E-state index in [0.717, 1.165) is 19.3 Å². The van der Waals surface area contributed by atoms with Crippen LogP contribution in [0.3, 0.4) is 0 Å². The SMILES string of the molecule is C[n+]1cccc(C(=O)NC(O)C(=O)C23CC4CC(CC(C4)C2)C3)c1. The molecule has 1 heterocycles. The van der Waals surface area contributed by atoms with Crippen LogP contribution in [0.2, 0.25) is 0 Å². The molecule has 0 aromatic carbocycles. The minimum atomic E-state index is -1.40. The highest BCUT2D eigenvalue weighted by Crippen LogP contribution is 2.60. The van der Waals surface area contributed by atoms with E-state index in [9.17, 15) is 14.7 Å². The van der Waals surface area contributed by atoms with E-state index < -0.39 is 17.6 Å². The summed E-state index contributed by atoms with van der Waals surface area (Å²) >= 11 is 0. The van der Waals surface area contributed by atoms with Crippen molar-refractivity contribution in [2.24, 2.45) is 30.2 Å². The summed E-state index contributed by atoms with van der Waals surface area (Å²) in [6, 6.07) is 3.44. The summed E-state index contributed by atoms with van der Waals surface area (Å²) < 4.78 is 1.77. The number of pyridine rings is 1. The highest BCUT2D eigenvalue weighted by Gasteiger charge is 2.55. The molecule has 2 N–H and O–H groups in total. The maximum absolute atomic E-state index is 13.0. The molecule has 4 aliphatic rings. The van der Waals surface area contributed by atoms with E-state index in [-0.39, 0.29) is 5.78 Å². The van der Waals surface area contributed by atoms with Crippen molar-refractivity contribution in [3.63, 3.8) is 0 Å². The fourth-order valence-corrected chi connectivity index (χ4v) is 5.70. The summed E-state index contributed by atoms with van der Waals surface area (Å²) in [6.07, 6.45) is 8.52. The molecule has 1 aromatic heterocycles. The molecule has 0 aliphatic heterocycles. The molecule has 1 aromatic rings. The minimum absolute atomic E-state index is 0.171. The van der Waals surface area contributed by atoms with Crippen LogP contribution >= 0.6 is 0 Å². The first-order chi connectivity index (χ1) is 11.4. The van der Waals surface area contributed by atoms with Crippen molar-refractivity contribution >= 4 is 11.7 Å². The maximum Gasteiger partial charge on any atom is 0.259 e. The molecule has 5 nitrogen and oxygen atoms in total. The molecule has 4 bridgehead atoms. The normalized spacial score (nSPS) is 34.8. The Balaban J connectivity index is 1.47. The maximum atomic E-state index is 13.0. The molecule has 1 amide bonds. The van der Waals surface area contributed by atoms with Gasteiger partial charge in [0, 0.05) is 11.5 Å². The lowest BCUT2D eigenvalue weighted by Crippen LogP contribution is -2.56. The molecule has 4 aliphatic carbocycles. The Morgan fingerprint density at radius 3 is 2.33 bits per heavy atom. The van der Waals surface area contributed by atoms with E-state index in [4.69, 9.17) is 0 Å². The van der Waals surface area contributed by atoms with Crippen LogP contribution in [0.15, 0.2) is 24.5 Å². The number of aliphatic hydroxyl groups is 1. The van der Waals surface area contributed by atoms with Crippen LogP contribution in [-0.4, -0.2) is 23.0 Å². The number of carbonyl (C=O) groups excluding carboxylic acids is 2. The number of amides is 1. The first kappa shape index (κ1) is 15.8. The number of aryl methyl sites for hydroxylation is 1. The zero-order valence-electron chi connectivity index (χ0n) is 14.1. The van der Waals surface area contributed by atoms with E-state index in [2.05, 4.69) is 5.32 Å². The summed E-state index contributed by atoms with van der Waals surface area (Å²) in [4.78, 5) is 25.3. The topological polar surface area (TPSA) is 70.3 Å². The second-order valence-corrected chi connectivity index (χ2v) is 8.20. The lowest BCUT2D eigenvalue weighted by molar-refractivity contribution is -0.671. The number of rotatable bonds is 4. The van der Waals surface area contributed by atoms with Gasteiger partial charge in [-0.3, -0.25) is 9.59 Å². The number of nitrogens with zero attached hydrogens (tertiary/aromatic N) is 1. The molecule has 5 rings (SSSR count). The monoisotopic (exact) mass is 329 g/mol. The second kappa shape index (κ2) is 5.66. The van der Waals surface area contributed by atoms with Gasteiger partial charge in [-0.15, -0.1) is 0 Å². The van der Waals surface area contributed by atoms with E-state index in [1.807, 2.05) is 13.2 Å². The molecule has 0 spiro atoms. The van der Waals surface area contributed by atoms with Gasteiger partial charge < -0.3 is 10.4 Å². The number of hydrogen-bond donors (Lipinski definition) is 2. The number of hydrogen-bond acceptors (Lipinski definition) is 3. The highest BCUT2D eigenvalue weighted by molar-refractivity contribution is 5.98. The van der Waals surface area contributed by atoms with Crippen molar-refractivity contribution in [1.29, 1.82) is 0 Å². The van der Waals surface area contributed by atoms with Gasteiger partial charge >= 0.3 is 0 Å². The van der Waals surface area contributed by atoms with Crippen LogP contribution in [0.25, 0.3) is 0 Å². The Morgan fingerprint density at radius 2 is 1.79 bits per heavy atom. The van der Waals surface area contributed by atoms with Gasteiger partial charge in [0.1, 0.15) is 12.6 Å². The third kappa shape index (κ3) is 2.65. The molecule has 4 saturated carbocycles. The average molecular weight is 329 g/mol. The molecule has 1 atom stereocenters. The highest BCUT2D eigenvalue weighted by atomic mass is 16.3. The Kier molecular flexibility index (Phi) is 3.71. The van der Waals surface area contributed by atoms with Crippen molar-refractivity contribution in [3.8, 4) is 0 Å². The number of nitrogens with one attached hydrogen (secondary N) is 1. The van der Waals surface area contributed by atoms with Crippen LogP contribution in [-0.2, 0) is 11.8 Å². The quantitative estimate of drug-likeness (QED) is 0.647. The summed E-state index contributed by atoms with van der Waals surface area (Å²) in [5.41, 5.74) is 0.0420. The lowest BCUT2D eigenvalue weighted by atomic mass is 9.48. The number of aliphatic hydroxyl groups excluding tert-OH is 1. The minimum Gasteiger partial charge on any atom is -0.367 e. The van der Waals surface area contributed by atoms with Crippen molar-refractivity contribution in [2.45, 2.75) is 44.8 Å². The van der Waals surface area contributed by atoms with Crippen LogP contribution in [0.1, 0.15) is 48.9 Å². The molecular weight excluding hydrogens is 304 g/mol. The fourth-order valence-electron chi connectivity index (χ4n) is 5.70. The van der Waals surface area contributed by atoms with Crippen molar-refractivity contribution in [2.75, 3.05) is 0 Å². The zero-order valence-corrected chi connectivity index (χ0v) is 14.1. The smallest absolute Gasteiger partial charge is 0.259 e. The Labute approximate surface area is 142 Å². The van der Waals surface area contributed by atoms with Crippen LogP contribution in [0.5, 0.6) is 0 Å². The lowest BCUT2D eigenvalue weighted by Gasteiger charge is -2.56. The largest absolute Gasteiger partial charge is 0.367 e. The van der Waals surface area contributed by atoms with E-state index in [1.54, 1.807) is 22.9 Å². The van der Waals surface area contributed by atoms with Gasteiger partial charge in [0.25, 0.3) is 5.91 Å². The van der Waals surface area contributed by atoms with Crippen LogP contribution in [0.4, 0.5) is 0 Å². The summed E-state index contributed by atoms with van der Waals surface area (Å²) in [7, 11) is 1.83. The van der Waals surface area contributed by atoms with Crippen molar-refractivity contribution in [3.05, 3.63) is 30.1 Å². The third-order valence-electron chi connectivity index (χ3n) is 6.28. The van der Waals surface area contributed by atoms with Crippen molar-refractivity contribution < 1.29 is 19.3 Å². The average Bonchev–Trinajstić information content (AvgIpc) is 2.52. The van der Waals surface area contributed by atoms with Gasteiger partial charge in [0.15, 0.2) is 24.4 Å². The van der Waals surface area contributed by atoms with Crippen molar-refractivity contribution in [1.82, 2.24) is 5.32 Å². The van der Waals surface area contributed by atoms with Gasteiger partial charge in [-0.05, 0) is 62.3 Å². The van der Waals surface area contributed by atoms with Gasteiger partial charge in [-0.2, -0.15) is 0 Å². The van der Waals surface area contributed by atoms with Gasteiger partial charge in [-0.25, -0.2) is 4.57 Å². The molecule has 128 valence electrons. The Morgan fingerprint density at radius 1 is 1.21 bits per heavy atom. The first-order valence-electron chi connectivity index (χ1n) is 8.94. The number of carbonyl (C=O) groups is 2. The number of aromatic nitrogens is 1. The fraction of sp³-hybridized carbons (Fsp3) is 0.632. The molecule has 0 radical (unpaired) electrons. The summed E-state index contributed by atoms with van der Waals surface area (Å²) in [6.45, 7) is 0. The third-order valence-corrected chi connectivity index (χ3v) is 6.28. The Hall–Kier alpha value is -1.75. The molecule has 4 fully saturated rings. The second-order valence-electron chi connectivity index (χ2n) is 8.20. The van der Waals surface area contributed by atoms with Gasteiger partial charge in [0.05, 0.1) is 0 Å². The molecule has 1 unspecified atom stereocenters. The van der Waals surface area contributed by atoms with Crippen LogP contribution < -0.4 is 9.88 Å². The van der Waals surface area contributed by atoms with E-state index in [0.29, 0.717) is 23.3 Å². The Bertz CT molecular complexity index is 650. The van der Waals surface area contributed by atoms with Crippen LogP contribution in [0, 0.1) is 23.2 Å². The molecule has 24 heavy (non-hydrogen) atoms. The standard InChI is InChI=1S/C19H24N2O3/c1-21-4-2-3-15(11-21)17(23)20-18(24)16(22)19-8-12-5-13(9-19)7-14(6-12)10-19/h2-4,11-14,18,24H,5-10H2,1H3/p+1. The summed E-state index contributed by atoms with van der Waals surface area (Å²) in [5, 5.41) is 12.9. The first-order valence-corrected chi connectivity index (χ1v) is 8.94. The molecule has 5 heteroatoms.